The number of ether oxygens (including phenoxy) is 1. The Bertz CT molecular complexity index is 1230. The van der Waals surface area contributed by atoms with Crippen molar-refractivity contribution < 1.29 is 19.0 Å². The minimum absolute atomic E-state index is 0.0465. The molecule has 1 aromatic heterocycles. The predicted octanol–water partition coefficient (Wildman–Crippen LogP) is 3.82. The monoisotopic (exact) mass is 490 g/mol. The standard InChI is InChI=1S/C28H31FN4O3/c1-36-26-11-5-2-8-21(26)24-13-12-22(28(35)33-14-6-7-20(33)19-34)27(30-24)32-17-15-31(16-18-32)25-10-4-3-9-23(25)29/h2-5,8-13,20,34H,6-7,14-19H2,1H3/t20-/m0/s1. The first-order valence-electron chi connectivity index (χ1n) is 12.4. The number of rotatable bonds is 6. The highest BCUT2D eigenvalue weighted by Gasteiger charge is 2.32. The molecule has 2 fully saturated rings. The lowest BCUT2D eigenvalue weighted by atomic mass is 10.1. The topological polar surface area (TPSA) is 69.1 Å². The maximum absolute atomic E-state index is 14.4. The number of methoxy groups -OCH3 is 1. The van der Waals surface area contributed by atoms with Gasteiger partial charge in [0.1, 0.15) is 17.4 Å². The fourth-order valence-electron chi connectivity index (χ4n) is 5.18. The maximum Gasteiger partial charge on any atom is 0.257 e. The summed E-state index contributed by atoms with van der Waals surface area (Å²) in [6, 6.07) is 18.0. The van der Waals surface area contributed by atoms with E-state index in [9.17, 15) is 14.3 Å². The molecule has 0 unspecified atom stereocenters. The van der Waals surface area contributed by atoms with Crippen LogP contribution in [0.2, 0.25) is 0 Å². The van der Waals surface area contributed by atoms with Crippen molar-refractivity contribution in [2.24, 2.45) is 0 Å². The van der Waals surface area contributed by atoms with Crippen LogP contribution in [0.4, 0.5) is 15.9 Å². The lowest BCUT2D eigenvalue weighted by Crippen LogP contribution is -2.48. The number of amides is 1. The molecule has 0 aliphatic carbocycles. The van der Waals surface area contributed by atoms with Crippen LogP contribution in [0.15, 0.2) is 60.7 Å². The number of likely N-dealkylation sites (tertiary alicyclic amines) is 1. The summed E-state index contributed by atoms with van der Waals surface area (Å²) in [6.07, 6.45) is 1.67. The molecule has 0 radical (unpaired) electrons. The molecule has 3 heterocycles. The minimum Gasteiger partial charge on any atom is -0.496 e. The minimum atomic E-state index is -0.234. The quantitative estimate of drug-likeness (QED) is 0.567. The number of aliphatic hydroxyl groups is 1. The van der Waals surface area contributed by atoms with Gasteiger partial charge >= 0.3 is 0 Å². The molecule has 1 N–H and O–H groups in total. The second-order valence-corrected chi connectivity index (χ2v) is 9.17. The van der Waals surface area contributed by atoms with Crippen molar-refractivity contribution >= 4 is 17.4 Å². The van der Waals surface area contributed by atoms with Gasteiger partial charge in [-0.15, -0.1) is 0 Å². The first-order chi connectivity index (χ1) is 17.6. The van der Waals surface area contributed by atoms with Gasteiger partial charge in [0.05, 0.1) is 36.7 Å². The molecule has 1 atom stereocenters. The van der Waals surface area contributed by atoms with Crippen molar-refractivity contribution in [1.82, 2.24) is 9.88 Å². The summed E-state index contributed by atoms with van der Waals surface area (Å²) >= 11 is 0. The average Bonchev–Trinajstić information content (AvgIpc) is 3.42. The third-order valence-corrected chi connectivity index (χ3v) is 7.11. The van der Waals surface area contributed by atoms with Gasteiger partial charge in [-0.05, 0) is 49.2 Å². The third-order valence-electron chi connectivity index (χ3n) is 7.11. The summed E-state index contributed by atoms with van der Waals surface area (Å²) in [7, 11) is 1.63. The van der Waals surface area contributed by atoms with E-state index in [0.717, 1.165) is 24.1 Å². The Hall–Kier alpha value is -3.65. The lowest BCUT2D eigenvalue weighted by molar-refractivity contribution is 0.0678. The number of benzene rings is 2. The summed E-state index contributed by atoms with van der Waals surface area (Å²) in [4.78, 5) is 24.5. The van der Waals surface area contributed by atoms with Crippen molar-refractivity contribution in [1.29, 1.82) is 0 Å². The molecule has 7 nitrogen and oxygen atoms in total. The number of pyridine rings is 1. The molecule has 0 saturated carbocycles. The van der Waals surface area contributed by atoms with Gasteiger partial charge in [0.15, 0.2) is 0 Å². The zero-order valence-corrected chi connectivity index (χ0v) is 20.4. The Morgan fingerprint density at radius 1 is 1.00 bits per heavy atom. The average molecular weight is 491 g/mol. The molecule has 0 bridgehead atoms. The number of hydrogen-bond donors (Lipinski definition) is 1. The molecule has 2 aliphatic rings. The van der Waals surface area contributed by atoms with E-state index in [1.54, 1.807) is 24.1 Å². The fraction of sp³-hybridized carbons (Fsp3) is 0.357. The zero-order chi connectivity index (χ0) is 25.1. The molecule has 2 aliphatic heterocycles. The van der Waals surface area contributed by atoms with Gasteiger partial charge < -0.3 is 24.5 Å². The first-order valence-corrected chi connectivity index (χ1v) is 12.4. The Labute approximate surface area is 210 Å². The highest BCUT2D eigenvalue weighted by atomic mass is 19.1. The number of aliphatic hydroxyl groups excluding tert-OH is 1. The number of hydrogen-bond acceptors (Lipinski definition) is 6. The van der Waals surface area contributed by atoms with Gasteiger partial charge in [0, 0.05) is 38.3 Å². The smallest absolute Gasteiger partial charge is 0.257 e. The van der Waals surface area contributed by atoms with Crippen LogP contribution in [-0.2, 0) is 0 Å². The summed E-state index contributed by atoms with van der Waals surface area (Å²) in [5.41, 5.74) is 2.68. The van der Waals surface area contributed by atoms with Crippen LogP contribution in [0.3, 0.4) is 0 Å². The summed E-state index contributed by atoms with van der Waals surface area (Å²) in [5.74, 6) is 0.971. The molecular formula is C28H31FN4O3. The van der Waals surface area contributed by atoms with Crippen LogP contribution in [-0.4, -0.2) is 73.4 Å². The summed E-state index contributed by atoms with van der Waals surface area (Å²) in [6.45, 7) is 2.99. The van der Waals surface area contributed by atoms with E-state index in [0.29, 0.717) is 55.5 Å². The Kier molecular flexibility index (Phi) is 7.04. The van der Waals surface area contributed by atoms with E-state index in [4.69, 9.17) is 9.72 Å². The predicted molar refractivity (Wildman–Crippen MR) is 138 cm³/mol. The lowest BCUT2D eigenvalue weighted by Gasteiger charge is -2.38. The van der Waals surface area contributed by atoms with Crippen molar-refractivity contribution in [3.8, 4) is 17.0 Å². The van der Waals surface area contributed by atoms with E-state index >= 15 is 0 Å². The highest BCUT2D eigenvalue weighted by molar-refractivity contribution is 6.00. The van der Waals surface area contributed by atoms with Gasteiger partial charge in [-0.3, -0.25) is 4.79 Å². The van der Waals surface area contributed by atoms with Crippen molar-refractivity contribution in [2.75, 3.05) is 56.2 Å². The Balaban J connectivity index is 1.48. The second kappa shape index (κ2) is 10.5. The maximum atomic E-state index is 14.4. The molecule has 3 aromatic rings. The van der Waals surface area contributed by atoms with E-state index in [2.05, 4.69) is 4.90 Å². The molecule has 36 heavy (non-hydrogen) atoms. The van der Waals surface area contributed by atoms with Crippen LogP contribution in [0.25, 0.3) is 11.3 Å². The van der Waals surface area contributed by atoms with Crippen molar-refractivity contribution in [2.45, 2.75) is 18.9 Å². The molecule has 1 amide bonds. The van der Waals surface area contributed by atoms with Crippen LogP contribution in [0, 0.1) is 5.82 Å². The van der Waals surface area contributed by atoms with Crippen LogP contribution >= 0.6 is 0 Å². The molecular weight excluding hydrogens is 459 g/mol. The van der Waals surface area contributed by atoms with E-state index in [-0.39, 0.29) is 24.4 Å². The summed E-state index contributed by atoms with van der Waals surface area (Å²) in [5, 5.41) is 9.79. The number of carbonyl (C=O) groups excluding carboxylic acids is 1. The van der Waals surface area contributed by atoms with Gasteiger partial charge in [0.2, 0.25) is 0 Å². The largest absolute Gasteiger partial charge is 0.496 e. The molecule has 188 valence electrons. The second-order valence-electron chi connectivity index (χ2n) is 9.17. The number of carbonyl (C=O) groups is 1. The number of piperazine rings is 1. The third kappa shape index (κ3) is 4.60. The van der Waals surface area contributed by atoms with Crippen LogP contribution in [0.1, 0.15) is 23.2 Å². The molecule has 0 spiro atoms. The van der Waals surface area contributed by atoms with Gasteiger partial charge in [-0.2, -0.15) is 0 Å². The Morgan fingerprint density at radius 2 is 1.72 bits per heavy atom. The van der Waals surface area contributed by atoms with Crippen molar-refractivity contribution in [3.63, 3.8) is 0 Å². The number of halogens is 1. The van der Waals surface area contributed by atoms with Crippen molar-refractivity contribution in [3.05, 3.63) is 72.0 Å². The van der Waals surface area contributed by atoms with Crippen LogP contribution < -0.4 is 14.5 Å². The molecule has 2 saturated heterocycles. The van der Waals surface area contributed by atoms with Crippen LogP contribution in [0.5, 0.6) is 5.75 Å². The van der Waals surface area contributed by atoms with Gasteiger partial charge in [-0.1, -0.05) is 24.3 Å². The molecule has 2 aromatic carbocycles. The number of para-hydroxylation sites is 2. The van der Waals surface area contributed by atoms with E-state index in [1.807, 2.05) is 47.4 Å². The fourth-order valence-corrected chi connectivity index (χ4v) is 5.18. The zero-order valence-electron chi connectivity index (χ0n) is 20.4. The normalized spacial score (nSPS) is 18.0. The first kappa shape index (κ1) is 24.1. The van der Waals surface area contributed by atoms with Gasteiger partial charge in [-0.25, -0.2) is 9.37 Å². The SMILES string of the molecule is COc1ccccc1-c1ccc(C(=O)N2CCC[C@H]2CO)c(N2CCN(c3ccccc3F)CC2)n1. The van der Waals surface area contributed by atoms with E-state index < -0.39 is 0 Å². The number of nitrogens with zero attached hydrogens (tertiary/aromatic N) is 4. The van der Waals surface area contributed by atoms with Gasteiger partial charge in [0.25, 0.3) is 5.91 Å². The molecule has 8 heteroatoms. The molecule has 5 rings (SSSR count). The number of anilines is 2. The highest BCUT2D eigenvalue weighted by Crippen LogP contribution is 2.33. The Morgan fingerprint density at radius 3 is 2.47 bits per heavy atom. The van der Waals surface area contributed by atoms with E-state index in [1.165, 1.54) is 6.07 Å². The number of aromatic nitrogens is 1. The summed E-state index contributed by atoms with van der Waals surface area (Å²) < 4.78 is 19.9.